The smallest absolute Gasteiger partial charge is 0.208 e. The summed E-state index contributed by atoms with van der Waals surface area (Å²) < 4.78 is 5.23. The van der Waals surface area contributed by atoms with Crippen molar-refractivity contribution in [1.82, 2.24) is 15.2 Å². The summed E-state index contributed by atoms with van der Waals surface area (Å²) in [4.78, 5) is 6.63. The third-order valence-electron chi connectivity index (χ3n) is 3.59. The number of aromatic nitrogens is 3. The third kappa shape index (κ3) is 2.96. The third-order valence-corrected chi connectivity index (χ3v) is 4.59. The highest BCUT2D eigenvalue weighted by Gasteiger charge is 2.22. The van der Waals surface area contributed by atoms with E-state index in [0.29, 0.717) is 5.92 Å². The first-order valence-corrected chi connectivity index (χ1v) is 7.67. The molecular weight excluding hydrogens is 272 g/mol. The van der Waals surface area contributed by atoms with Gasteiger partial charge in [-0.2, -0.15) is 0 Å². The predicted molar refractivity (Wildman–Crippen MR) is 80.0 cm³/mol. The van der Waals surface area contributed by atoms with E-state index < -0.39 is 0 Å². The highest BCUT2D eigenvalue weighted by atomic mass is 32.1. The van der Waals surface area contributed by atoms with Gasteiger partial charge in [0.25, 0.3) is 0 Å². The van der Waals surface area contributed by atoms with Crippen LogP contribution in [-0.4, -0.2) is 42.0 Å². The lowest BCUT2D eigenvalue weighted by Gasteiger charge is -2.30. The normalized spacial score (nSPS) is 16.6. The van der Waals surface area contributed by atoms with E-state index in [1.165, 1.54) is 0 Å². The Balaban J connectivity index is 1.66. The van der Waals surface area contributed by atoms with E-state index in [2.05, 4.69) is 20.1 Å². The van der Waals surface area contributed by atoms with Crippen molar-refractivity contribution in [3.63, 3.8) is 0 Å². The number of methoxy groups -OCH3 is 1. The summed E-state index contributed by atoms with van der Waals surface area (Å²) in [5.74, 6) is 0.680. The molecule has 20 heavy (non-hydrogen) atoms. The van der Waals surface area contributed by atoms with Gasteiger partial charge in [-0.15, -0.1) is 10.2 Å². The molecule has 0 atom stereocenters. The van der Waals surface area contributed by atoms with Crippen LogP contribution in [0.5, 0.6) is 0 Å². The Bertz CT molecular complexity index is 537. The van der Waals surface area contributed by atoms with Gasteiger partial charge < -0.3 is 9.64 Å². The highest BCUT2D eigenvalue weighted by molar-refractivity contribution is 7.18. The average molecular weight is 290 g/mol. The number of anilines is 1. The van der Waals surface area contributed by atoms with Gasteiger partial charge in [0, 0.05) is 33.0 Å². The second-order valence-electron chi connectivity index (χ2n) is 4.99. The van der Waals surface area contributed by atoms with Gasteiger partial charge in [-0.3, -0.25) is 4.98 Å². The Labute approximate surface area is 122 Å². The SMILES string of the molecule is COCC1CCN(c2nnc(-c3ccccn3)s2)CC1. The van der Waals surface area contributed by atoms with Crippen LogP contribution >= 0.6 is 11.3 Å². The van der Waals surface area contributed by atoms with Crippen LogP contribution in [0, 0.1) is 5.92 Å². The number of rotatable bonds is 4. The van der Waals surface area contributed by atoms with Gasteiger partial charge in [-0.25, -0.2) is 0 Å². The maximum absolute atomic E-state index is 5.23. The standard InChI is InChI=1S/C14H18N4OS/c1-19-10-11-5-8-18(9-6-11)14-17-16-13(20-14)12-4-2-3-7-15-12/h2-4,7,11H,5-6,8-10H2,1H3. The molecule has 6 heteroatoms. The summed E-state index contributed by atoms with van der Waals surface area (Å²) in [6, 6.07) is 5.85. The minimum atomic E-state index is 0.680. The molecule has 1 aliphatic rings. The Morgan fingerprint density at radius 3 is 2.85 bits per heavy atom. The van der Waals surface area contributed by atoms with Crippen molar-refractivity contribution in [2.24, 2.45) is 5.92 Å². The molecule has 2 aromatic rings. The number of hydrogen-bond donors (Lipinski definition) is 0. The highest BCUT2D eigenvalue weighted by Crippen LogP contribution is 2.30. The van der Waals surface area contributed by atoms with Gasteiger partial charge in [0.2, 0.25) is 5.13 Å². The van der Waals surface area contributed by atoms with Crippen LogP contribution in [0.1, 0.15) is 12.8 Å². The fourth-order valence-electron chi connectivity index (χ4n) is 2.46. The molecule has 2 aromatic heterocycles. The van der Waals surface area contributed by atoms with Crippen molar-refractivity contribution < 1.29 is 4.74 Å². The van der Waals surface area contributed by atoms with Crippen molar-refractivity contribution in [2.45, 2.75) is 12.8 Å². The van der Waals surface area contributed by atoms with Gasteiger partial charge in [0.1, 0.15) is 5.69 Å². The van der Waals surface area contributed by atoms with Crippen LogP contribution in [0.3, 0.4) is 0 Å². The fraction of sp³-hybridized carbons (Fsp3) is 0.500. The molecule has 1 fully saturated rings. The molecule has 0 amide bonds. The lowest BCUT2D eigenvalue weighted by atomic mass is 9.98. The lowest BCUT2D eigenvalue weighted by Crippen LogP contribution is -2.34. The van der Waals surface area contributed by atoms with Gasteiger partial charge in [0.05, 0.1) is 0 Å². The van der Waals surface area contributed by atoms with Crippen LogP contribution in [0.4, 0.5) is 5.13 Å². The average Bonchev–Trinajstić information content (AvgIpc) is 2.99. The van der Waals surface area contributed by atoms with E-state index in [9.17, 15) is 0 Å². The first-order chi connectivity index (χ1) is 9.86. The molecule has 0 aromatic carbocycles. The number of hydrogen-bond acceptors (Lipinski definition) is 6. The zero-order valence-electron chi connectivity index (χ0n) is 11.5. The van der Waals surface area contributed by atoms with Gasteiger partial charge in [-0.05, 0) is 30.9 Å². The van der Waals surface area contributed by atoms with E-state index in [-0.39, 0.29) is 0 Å². The van der Waals surface area contributed by atoms with Crippen LogP contribution in [0.15, 0.2) is 24.4 Å². The molecule has 3 rings (SSSR count). The van der Waals surface area contributed by atoms with Crippen molar-refractivity contribution in [3.8, 4) is 10.7 Å². The van der Waals surface area contributed by atoms with Crippen LogP contribution in [0.25, 0.3) is 10.7 Å². The van der Waals surface area contributed by atoms with Crippen LogP contribution < -0.4 is 4.90 Å². The summed E-state index contributed by atoms with van der Waals surface area (Å²) in [5.41, 5.74) is 0.894. The van der Waals surface area contributed by atoms with Gasteiger partial charge >= 0.3 is 0 Å². The molecule has 1 aliphatic heterocycles. The summed E-state index contributed by atoms with van der Waals surface area (Å²) in [6.07, 6.45) is 4.10. The molecule has 0 saturated carbocycles. The first-order valence-electron chi connectivity index (χ1n) is 6.85. The van der Waals surface area contributed by atoms with E-state index in [1.807, 2.05) is 18.2 Å². The molecule has 1 saturated heterocycles. The molecule has 106 valence electrons. The zero-order chi connectivity index (χ0) is 13.8. The monoisotopic (exact) mass is 290 g/mol. The zero-order valence-corrected chi connectivity index (χ0v) is 12.3. The van der Waals surface area contributed by atoms with E-state index in [1.54, 1.807) is 24.6 Å². The Morgan fingerprint density at radius 2 is 2.15 bits per heavy atom. The second-order valence-corrected chi connectivity index (χ2v) is 5.95. The van der Waals surface area contributed by atoms with Crippen LogP contribution in [-0.2, 0) is 4.74 Å². The molecule has 0 spiro atoms. The first kappa shape index (κ1) is 13.5. The number of pyridine rings is 1. The van der Waals surface area contributed by atoms with Crippen molar-refractivity contribution >= 4 is 16.5 Å². The summed E-state index contributed by atoms with van der Waals surface area (Å²) in [7, 11) is 1.77. The minimum Gasteiger partial charge on any atom is -0.384 e. The second kappa shape index (κ2) is 6.28. The number of nitrogens with zero attached hydrogens (tertiary/aromatic N) is 4. The summed E-state index contributed by atoms with van der Waals surface area (Å²) in [6.45, 7) is 2.93. The lowest BCUT2D eigenvalue weighted by molar-refractivity contribution is 0.139. The maximum Gasteiger partial charge on any atom is 0.208 e. The Kier molecular flexibility index (Phi) is 4.22. The molecule has 0 bridgehead atoms. The molecule has 0 aliphatic carbocycles. The Hall–Kier alpha value is -1.53. The van der Waals surface area contributed by atoms with Crippen LogP contribution in [0.2, 0.25) is 0 Å². The number of piperidine rings is 1. The van der Waals surface area contributed by atoms with Crippen molar-refractivity contribution in [3.05, 3.63) is 24.4 Å². The molecule has 0 N–H and O–H groups in total. The predicted octanol–water partition coefficient (Wildman–Crippen LogP) is 2.46. The Morgan fingerprint density at radius 1 is 1.30 bits per heavy atom. The molecular formula is C14H18N4OS. The van der Waals surface area contributed by atoms with Crippen molar-refractivity contribution in [2.75, 3.05) is 31.7 Å². The number of ether oxygens (including phenoxy) is 1. The fourth-order valence-corrected chi connectivity index (χ4v) is 3.34. The maximum atomic E-state index is 5.23. The topological polar surface area (TPSA) is 51.1 Å². The molecule has 0 radical (unpaired) electrons. The molecule has 5 nitrogen and oxygen atoms in total. The summed E-state index contributed by atoms with van der Waals surface area (Å²) in [5, 5.41) is 10.5. The minimum absolute atomic E-state index is 0.680. The largest absolute Gasteiger partial charge is 0.384 e. The molecule has 3 heterocycles. The van der Waals surface area contributed by atoms with E-state index >= 15 is 0 Å². The van der Waals surface area contributed by atoms with E-state index in [0.717, 1.165) is 48.4 Å². The van der Waals surface area contributed by atoms with Crippen molar-refractivity contribution in [1.29, 1.82) is 0 Å². The molecule has 0 unspecified atom stereocenters. The van der Waals surface area contributed by atoms with Gasteiger partial charge in [-0.1, -0.05) is 17.4 Å². The van der Waals surface area contributed by atoms with Gasteiger partial charge in [0.15, 0.2) is 5.01 Å². The summed E-state index contributed by atoms with van der Waals surface area (Å²) >= 11 is 1.62. The van der Waals surface area contributed by atoms with E-state index in [4.69, 9.17) is 4.74 Å². The quantitative estimate of drug-likeness (QED) is 0.866.